The number of piperazine rings is 1. The molecule has 0 atom stereocenters. The van der Waals surface area contributed by atoms with Gasteiger partial charge in [0.1, 0.15) is 11.6 Å². The number of carbonyl (C=O) groups is 2. The molecule has 138 valence electrons. The summed E-state index contributed by atoms with van der Waals surface area (Å²) >= 11 is 0. The van der Waals surface area contributed by atoms with Crippen molar-refractivity contribution in [3.05, 3.63) is 60.2 Å². The van der Waals surface area contributed by atoms with Gasteiger partial charge in [0.2, 0.25) is 5.91 Å². The first kappa shape index (κ1) is 17.2. The molecule has 0 bridgehead atoms. The minimum atomic E-state index is -0.439. The first-order valence-electron chi connectivity index (χ1n) is 8.81. The average Bonchev–Trinajstić information content (AvgIpc) is 3.07. The predicted molar refractivity (Wildman–Crippen MR) is 101 cm³/mol. The number of rotatable bonds is 2. The Kier molecular flexibility index (Phi) is 4.35. The molecular formula is C20H19FN4O2. The summed E-state index contributed by atoms with van der Waals surface area (Å²) in [5, 5.41) is 0.587. The largest absolute Gasteiger partial charge is 0.353 e. The fraction of sp³-hybridized carbons (Fsp3) is 0.250. The first-order valence-corrected chi connectivity index (χ1v) is 8.81. The van der Waals surface area contributed by atoms with E-state index in [1.807, 2.05) is 18.2 Å². The van der Waals surface area contributed by atoms with Crippen LogP contribution in [0.4, 0.5) is 10.2 Å². The van der Waals surface area contributed by atoms with E-state index in [1.54, 1.807) is 17.2 Å². The van der Waals surface area contributed by atoms with Gasteiger partial charge in [-0.1, -0.05) is 6.07 Å². The zero-order chi connectivity index (χ0) is 19.0. The van der Waals surface area contributed by atoms with Gasteiger partial charge in [-0.3, -0.25) is 14.2 Å². The van der Waals surface area contributed by atoms with Crippen LogP contribution in [-0.4, -0.2) is 52.4 Å². The van der Waals surface area contributed by atoms with Gasteiger partial charge in [0, 0.05) is 50.9 Å². The molecule has 1 saturated heterocycles. The van der Waals surface area contributed by atoms with Crippen molar-refractivity contribution >= 4 is 28.5 Å². The number of fused-ring (bicyclic) bond motifs is 1. The Hall–Kier alpha value is -3.22. The van der Waals surface area contributed by atoms with Crippen LogP contribution in [0, 0.1) is 5.82 Å². The van der Waals surface area contributed by atoms with Gasteiger partial charge < -0.3 is 9.80 Å². The summed E-state index contributed by atoms with van der Waals surface area (Å²) in [6.07, 6.45) is 3.27. The minimum Gasteiger partial charge on any atom is -0.353 e. The number of benzene rings is 1. The molecule has 2 aromatic heterocycles. The van der Waals surface area contributed by atoms with Crippen molar-refractivity contribution in [2.75, 3.05) is 31.1 Å². The highest BCUT2D eigenvalue weighted by Crippen LogP contribution is 2.25. The second kappa shape index (κ2) is 6.83. The van der Waals surface area contributed by atoms with Gasteiger partial charge in [-0.25, -0.2) is 9.37 Å². The lowest BCUT2D eigenvalue weighted by Crippen LogP contribution is -2.49. The first-order chi connectivity index (χ1) is 13.0. The second-order valence-electron chi connectivity index (χ2n) is 6.56. The molecule has 1 aliphatic heterocycles. The summed E-state index contributed by atoms with van der Waals surface area (Å²) in [7, 11) is 0. The molecule has 1 amide bonds. The summed E-state index contributed by atoms with van der Waals surface area (Å²) in [6, 6.07) is 9.91. The van der Waals surface area contributed by atoms with E-state index in [-0.39, 0.29) is 11.8 Å². The van der Waals surface area contributed by atoms with Gasteiger partial charge in [-0.15, -0.1) is 0 Å². The molecule has 4 rings (SSSR count). The topological polar surface area (TPSA) is 58.4 Å². The quantitative estimate of drug-likeness (QED) is 0.700. The summed E-state index contributed by atoms with van der Waals surface area (Å²) in [5.74, 6) is 0.0521. The third kappa shape index (κ3) is 3.16. The van der Waals surface area contributed by atoms with E-state index >= 15 is 0 Å². The third-order valence-corrected chi connectivity index (χ3v) is 4.88. The third-order valence-electron chi connectivity index (χ3n) is 4.88. The highest BCUT2D eigenvalue weighted by Gasteiger charge is 2.26. The van der Waals surface area contributed by atoms with Crippen LogP contribution in [0.1, 0.15) is 22.1 Å². The number of hydrogen-bond donors (Lipinski definition) is 0. The van der Waals surface area contributed by atoms with Gasteiger partial charge in [-0.05, 0) is 30.3 Å². The van der Waals surface area contributed by atoms with E-state index < -0.39 is 5.82 Å². The second-order valence-corrected chi connectivity index (χ2v) is 6.56. The summed E-state index contributed by atoms with van der Waals surface area (Å²) in [4.78, 5) is 33.2. The summed E-state index contributed by atoms with van der Waals surface area (Å²) in [5.41, 5.74) is 0.837. The molecule has 1 aromatic carbocycles. The Morgan fingerprint density at radius 1 is 1.07 bits per heavy atom. The van der Waals surface area contributed by atoms with Crippen molar-refractivity contribution in [2.24, 2.45) is 0 Å². The van der Waals surface area contributed by atoms with Crippen molar-refractivity contribution < 1.29 is 14.0 Å². The predicted octanol–water partition coefficient (Wildman–Crippen LogP) is 2.80. The van der Waals surface area contributed by atoms with E-state index in [0.29, 0.717) is 42.6 Å². The number of hydrogen-bond acceptors (Lipinski definition) is 4. The van der Waals surface area contributed by atoms with Crippen LogP contribution in [0.25, 0.3) is 10.9 Å². The standard InChI is InChI=1S/C20H19FN4O2/c1-14(26)25-13-17(16-6-5-15(21)12-18(16)25)20(27)24-10-8-23(9-11-24)19-4-2-3-7-22-19/h2-7,12-13H,8-11H2,1H3. The Morgan fingerprint density at radius 2 is 1.85 bits per heavy atom. The highest BCUT2D eigenvalue weighted by molar-refractivity contribution is 6.09. The zero-order valence-corrected chi connectivity index (χ0v) is 14.9. The van der Waals surface area contributed by atoms with Gasteiger partial charge >= 0.3 is 0 Å². The van der Waals surface area contributed by atoms with Crippen LogP contribution in [0.3, 0.4) is 0 Å². The number of amides is 1. The Balaban J connectivity index is 1.58. The molecule has 27 heavy (non-hydrogen) atoms. The van der Waals surface area contributed by atoms with Crippen LogP contribution in [0.5, 0.6) is 0 Å². The van der Waals surface area contributed by atoms with E-state index in [0.717, 1.165) is 5.82 Å². The summed E-state index contributed by atoms with van der Waals surface area (Å²) < 4.78 is 14.9. The molecule has 0 unspecified atom stereocenters. The highest BCUT2D eigenvalue weighted by atomic mass is 19.1. The average molecular weight is 366 g/mol. The lowest BCUT2D eigenvalue weighted by atomic mass is 10.1. The van der Waals surface area contributed by atoms with Gasteiger partial charge in [0.05, 0.1) is 11.1 Å². The number of aromatic nitrogens is 2. The maximum Gasteiger partial charge on any atom is 0.256 e. The SMILES string of the molecule is CC(=O)n1cc(C(=O)N2CCN(c3ccccn3)CC2)c2ccc(F)cc21. The van der Waals surface area contributed by atoms with Crippen molar-refractivity contribution in [1.29, 1.82) is 0 Å². The van der Waals surface area contributed by atoms with Crippen molar-refractivity contribution in [1.82, 2.24) is 14.5 Å². The molecule has 0 saturated carbocycles. The number of carbonyl (C=O) groups excluding carboxylic acids is 2. The Morgan fingerprint density at radius 3 is 2.52 bits per heavy atom. The molecule has 6 nitrogen and oxygen atoms in total. The maximum absolute atomic E-state index is 13.6. The van der Waals surface area contributed by atoms with Crippen LogP contribution in [0.15, 0.2) is 48.8 Å². The van der Waals surface area contributed by atoms with Crippen molar-refractivity contribution in [2.45, 2.75) is 6.92 Å². The van der Waals surface area contributed by atoms with E-state index in [9.17, 15) is 14.0 Å². The molecule has 1 fully saturated rings. The molecule has 7 heteroatoms. The smallest absolute Gasteiger partial charge is 0.256 e. The summed E-state index contributed by atoms with van der Waals surface area (Å²) in [6.45, 7) is 3.88. The maximum atomic E-state index is 13.6. The Labute approximate surface area is 155 Å². The van der Waals surface area contributed by atoms with Crippen LogP contribution >= 0.6 is 0 Å². The molecule has 0 N–H and O–H groups in total. The lowest BCUT2D eigenvalue weighted by Gasteiger charge is -2.35. The minimum absolute atomic E-state index is 0.146. The van der Waals surface area contributed by atoms with Crippen LogP contribution in [-0.2, 0) is 0 Å². The fourth-order valence-electron chi connectivity index (χ4n) is 3.48. The number of nitrogens with zero attached hydrogens (tertiary/aromatic N) is 4. The van der Waals surface area contributed by atoms with Gasteiger partial charge in [0.15, 0.2) is 0 Å². The molecule has 0 spiro atoms. The monoisotopic (exact) mass is 366 g/mol. The van der Waals surface area contributed by atoms with Crippen molar-refractivity contribution in [3.63, 3.8) is 0 Å². The number of pyridine rings is 1. The van der Waals surface area contributed by atoms with E-state index in [2.05, 4.69) is 9.88 Å². The van der Waals surface area contributed by atoms with Crippen LogP contribution < -0.4 is 4.90 Å². The molecule has 1 aliphatic rings. The van der Waals surface area contributed by atoms with E-state index in [4.69, 9.17) is 0 Å². The Bertz CT molecular complexity index is 1010. The molecule has 0 aliphatic carbocycles. The number of halogens is 1. The number of anilines is 1. The van der Waals surface area contributed by atoms with Crippen LogP contribution in [0.2, 0.25) is 0 Å². The van der Waals surface area contributed by atoms with Gasteiger partial charge in [-0.2, -0.15) is 0 Å². The molecule has 3 aromatic rings. The molecular weight excluding hydrogens is 347 g/mol. The normalized spacial score (nSPS) is 14.6. The lowest BCUT2D eigenvalue weighted by molar-refractivity contribution is 0.0748. The molecule has 0 radical (unpaired) electrons. The van der Waals surface area contributed by atoms with E-state index in [1.165, 1.54) is 29.8 Å². The fourth-order valence-corrected chi connectivity index (χ4v) is 3.48. The molecule has 3 heterocycles. The van der Waals surface area contributed by atoms with Gasteiger partial charge in [0.25, 0.3) is 5.91 Å². The van der Waals surface area contributed by atoms with Crippen molar-refractivity contribution in [3.8, 4) is 0 Å². The zero-order valence-electron chi connectivity index (χ0n) is 14.9.